The first-order valence-electron chi connectivity index (χ1n) is 10.0. The van der Waals surface area contributed by atoms with Crippen LogP contribution in [0.4, 0.5) is 10.5 Å². The summed E-state index contributed by atoms with van der Waals surface area (Å²) in [5.74, 6) is -1.69. The van der Waals surface area contributed by atoms with Gasteiger partial charge in [-0.3, -0.25) is 14.4 Å². The fourth-order valence-corrected chi connectivity index (χ4v) is 5.32. The van der Waals surface area contributed by atoms with E-state index in [4.69, 9.17) is 11.6 Å². The average molecular weight is 706 g/mol. The van der Waals surface area contributed by atoms with E-state index in [1.807, 2.05) is 0 Å². The van der Waals surface area contributed by atoms with Gasteiger partial charge in [0, 0.05) is 27.6 Å². The van der Waals surface area contributed by atoms with Crippen molar-refractivity contribution in [3.8, 4) is 5.82 Å². The quantitative estimate of drug-likeness (QED) is 0.413. The molecule has 0 atom stereocenters. The zero-order valence-electron chi connectivity index (χ0n) is 18.2. The van der Waals surface area contributed by atoms with Gasteiger partial charge in [0.2, 0.25) is 0 Å². The molecule has 0 spiro atoms. The van der Waals surface area contributed by atoms with Crippen molar-refractivity contribution in [2.24, 2.45) is 0 Å². The maximum absolute atomic E-state index is 13.5. The third-order valence-electron chi connectivity index (χ3n) is 4.97. The van der Waals surface area contributed by atoms with Crippen molar-refractivity contribution >= 4 is 88.9 Å². The SMILES string of the molecule is COC(=O)N1C(=O)CCN1C(=O)c1cc(Br)cc(Br)c1NC(=O)c1cc(Br)nn1-c1ncccc1Cl. The maximum atomic E-state index is 13.5. The van der Waals surface area contributed by atoms with E-state index in [1.165, 1.54) is 23.0 Å². The molecule has 11 nitrogen and oxygen atoms in total. The van der Waals surface area contributed by atoms with E-state index in [-0.39, 0.29) is 40.8 Å². The average Bonchev–Trinajstić information content (AvgIpc) is 3.42. The number of halogens is 4. The number of nitrogens with zero attached hydrogens (tertiary/aromatic N) is 5. The Kier molecular flexibility index (Phi) is 7.78. The molecule has 36 heavy (non-hydrogen) atoms. The standard InChI is InChI=1S/C21H14Br3ClN6O5/c1-36-21(35)31-16(32)4-6-29(31)20(34)11-7-10(22)8-12(23)17(11)27-19(33)14-9-15(24)28-30(14)18-13(25)3-2-5-26-18/h2-3,5,7-9H,4,6H2,1H3,(H,27,33). The molecule has 1 fully saturated rings. The van der Waals surface area contributed by atoms with E-state index in [1.54, 1.807) is 18.2 Å². The molecule has 4 amide bonds. The van der Waals surface area contributed by atoms with Crippen LogP contribution in [0.25, 0.3) is 5.82 Å². The first-order chi connectivity index (χ1) is 17.1. The normalized spacial score (nSPS) is 13.2. The number of benzene rings is 1. The van der Waals surface area contributed by atoms with E-state index < -0.39 is 23.8 Å². The molecule has 0 aliphatic carbocycles. The minimum atomic E-state index is -0.994. The van der Waals surface area contributed by atoms with Crippen molar-refractivity contribution in [1.29, 1.82) is 0 Å². The van der Waals surface area contributed by atoms with Gasteiger partial charge in [-0.1, -0.05) is 27.5 Å². The van der Waals surface area contributed by atoms with Gasteiger partial charge in [-0.15, -0.1) is 5.01 Å². The Balaban J connectivity index is 1.73. The topological polar surface area (TPSA) is 127 Å². The summed E-state index contributed by atoms with van der Waals surface area (Å²) in [6.07, 6.45) is 0.451. The Bertz CT molecular complexity index is 1410. The molecule has 1 aromatic carbocycles. The van der Waals surface area contributed by atoms with Gasteiger partial charge in [0.25, 0.3) is 17.7 Å². The predicted molar refractivity (Wildman–Crippen MR) is 139 cm³/mol. The van der Waals surface area contributed by atoms with Gasteiger partial charge >= 0.3 is 6.09 Å². The second-order valence-electron chi connectivity index (χ2n) is 7.19. The van der Waals surface area contributed by atoms with E-state index in [0.717, 1.165) is 12.1 Å². The molecule has 1 aliphatic rings. The first kappa shape index (κ1) is 26.3. The number of nitrogens with one attached hydrogen (secondary N) is 1. The summed E-state index contributed by atoms with van der Waals surface area (Å²) < 4.78 is 7.13. The van der Waals surface area contributed by atoms with Gasteiger partial charge < -0.3 is 10.1 Å². The third kappa shape index (κ3) is 5.03. The molecule has 1 N–H and O–H groups in total. The van der Waals surface area contributed by atoms with Crippen LogP contribution >= 0.6 is 59.4 Å². The number of imide groups is 1. The zero-order chi connectivity index (χ0) is 26.1. The van der Waals surface area contributed by atoms with Gasteiger partial charge in [-0.25, -0.2) is 19.5 Å². The van der Waals surface area contributed by atoms with E-state index >= 15 is 0 Å². The number of hydrazine groups is 1. The van der Waals surface area contributed by atoms with Crippen LogP contribution in [0.2, 0.25) is 5.02 Å². The number of carbonyl (C=O) groups excluding carboxylic acids is 4. The van der Waals surface area contributed by atoms with Crippen LogP contribution in [-0.4, -0.2) is 62.3 Å². The number of carbonyl (C=O) groups is 4. The lowest BCUT2D eigenvalue weighted by atomic mass is 10.1. The molecular formula is C21H14Br3ClN6O5. The van der Waals surface area contributed by atoms with Crippen molar-refractivity contribution in [3.05, 3.63) is 66.4 Å². The Labute approximate surface area is 234 Å². The lowest BCUT2D eigenvalue weighted by molar-refractivity contribution is -0.132. The largest absolute Gasteiger partial charge is 0.451 e. The number of rotatable bonds is 4. The Hall–Kier alpha value is -2.81. The van der Waals surface area contributed by atoms with Gasteiger partial charge in [-0.2, -0.15) is 5.10 Å². The second-order valence-corrected chi connectivity index (χ2v) is 10.2. The fraction of sp³-hybridized carbons (Fsp3) is 0.143. The van der Waals surface area contributed by atoms with Gasteiger partial charge in [0.1, 0.15) is 10.3 Å². The number of hydrogen-bond donors (Lipinski definition) is 1. The van der Waals surface area contributed by atoms with Crippen molar-refractivity contribution < 1.29 is 23.9 Å². The summed E-state index contributed by atoms with van der Waals surface area (Å²) in [6.45, 7) is -0.0395. The molecule has 186 valence electrons. The van der Waals surface area contributed by atoms with Crippen LogP contribution in [0.1, 0.15) is 27.3 Å². The lowest BCUT2D eigenvalue weighted by Crippen LogP contribution is -2.46. The predicted octanol–water partition coefficient (Wildman–Crippen LogP) is 4.82. The van der Waals surface area contributed by atoms with Crippen LogP contribution in [0.5, 0.6) is 0 Å². The van der Waals surface area contributed by atoms with Crippen molar-refractivity contribution in [2.45, 2.75) is 6.42 Å². The number of aromatic nitrogens is 3. The minimum Gasteiger partial charge on any atom is -0.451 e. The monoisotopic (exact) mass is 702 g/mol. The van der Waals surface area contributed by atoms with Crippen molar-refractivity contribution in [3.63, 3.8) is 0 Å². The van der Waals surface area contributed by atoms with E-state index in [2.05, 4.69) is 67.9 Å². The highest BCUT2D eigenvalue weighted by molar-refractivity contribution is 9.11. The molecule has 3 aromatic rings. The fourth-order valence-electron chi connectivity index (χ4n) is 3.42. The van der Waals surface area contributed by atoms with Crippen LogP contribution in [0.15, 0.2) is 50.1 Å². The molecule has 2 aromatic heterocycles. The summed E-state index contributed by atoms with van der Waals surface area (Å²) in [7, 11) is 1.10. The van der Waals surface area contributed by atoms with Crippen molar-refractivity contribution in [2.75, 3.05) is 19.0 Å². The highest BCUT2D eigenvalue weighted by atomic mass is 79.9. The molecule has 3 heterocycles. The Morgan fingerprint density at radius 1 is 1.17 bits per heavy atom. The van der Waals surface area contributed by atoms with Crippen LogP contribution in [0.3, 0.4) is 0 Å². The number of ether oxygens (including phenoxy) is 1. The zero-order valence-corrected chi connectivity index (χ0v) is 23.7. The molecule has 0 bridgehead atoms. The number of methoxy groups -OCH3 is 1. The van der Waals surface area contributed by atoms with Crippen LogP contribution in [0, 0.1) is 0 Å². The molecular weight excluding hydrogens is 691 g/mol. The highest BCUT2D eigenvalue weighted by Gasteiger charge is 2.39. The van der Waals surface area contributed by atoms with E-state index in [0.29, 0.717) is 18.6 Å². The number of anilines is 1. The third-order valence-corrected chi connectivity index (χ3v) is 6.74. The molecule has 0 unspecified atom stereocenters. The van der Waals surface area contributed by atoms with E-state index in [9.17, 15) is 19.2 Å². The minimum absolute atomic E-state index is 0.00852. The summed E-state index contributed by atoms with van der Waals surface area (Å²) in [4.78, 5) is 55.4. The Morgan fingerprint density at radius 2 is 1.92 bits per heavy atom. The second kappa shape index (κ2) is 10.7. The van der Waals surface area contributed by atoms with Crippen LogP contribution < -0.4 is 5.32 Å². The highest BCUT2D eigenvalue weighted by Crippen LogP contribution is 2.33. The molecule has 0 saturated carbocycles. The Morgan fingerprint density at radius 3 is 2.61 bits per heavy atom. The molecule has 4 rings (SSSR count). The van der Waals surface area contributed by atoms with Gasteiger partial charge in [0.15, 0.2) is 5.82 Å². The van der Waals surface area contributed by atoms with Crippen LogP contribution in [-0.2, 0) is 9.53 Å². The first-order valence-corrected chi connectivity index (χ1v) is 12.8. The number of amides is 4. The summed E-state index contributed by atoms with van der Waals surface area (Å²) in [5.41, 5.74) is 0.186. The number of hydrogen-bond acceptors (Lipinski definition) is 7. The molecule has 1 saturated heterocycles. The summed E-state index contributed by atoms with van der Waals surface area (Å²) in [5, 5.41) is 8.83. The maximum Gasteiger partial charge on any atom is 0.435 e. The lowest BCUT2D eigenvalue weighted by Gasteiger charge is -2.26. The van der Waals surface area contributed by atoms with Crippen molar-refractivity contribution in [1.82, 2.24) is 24.8 Å². The summed E-state index contributed by atoms with van der Waals surface area (Å²) in [6, 6.07) is 7.80. The molecule has 1 aliphatic heterocycles. The van der Waals surface area contributed by atoms with Gasteiger partial charge in [0.05, 0.1) is 29.9 Å². The van der Waals surface area contributed by atoms with Gasteiger partial charge in [-0.05, 0) is 56.1 Å². The molecule has 0 radical (unpaired) electrons. The number of pyridine rings is 1. The summed E-state index contributed by atoms with van der Waals surface area (Å²) >= 11 is 16.2. The molecule has 15 heteroatoms. The smallest absolute Gasteiger partial charge is 0.435 e.